The molecule has 2 amide bonds. The van der Waals surface area contributed by atoms with Gasteiger partial charge in [0.05, 0.1) is 24.4 Å². The Morgan fingerprint density at radius 3 is 2.74 bits per heavy atom. The number of nitrogens with one attached hydrogen (secondary N) is 1. The molecule has 38 heavy (non-hydrogen) atoms. The van der Waals surface area contributed by atoms with Crippen LogP contribution >= 0.6 is 0 Å². The number of pyridine rings is 2. The molecule has 0 radical (unpaired) electrons. The van der Waals surface area contributed by atoms with Gasteiger partial charge in [0.15, 0.2) is 17.4 Å². The summed E-state index contributed by atoms with van der Waals surface area (Å²) >= 11 is 0. The highest BCUT2D eigenvalue weighted by Gasteiger charge is 2.33. The molecule has 0 spiro atoms. The Morgan fingerprint density at radius 2 is 1.97 bits per heavy atom. The Morgan fingerprint density at radius 1 is 1.16 bits per heavy atom. The van der Waals surface area contributed by atoms with Gasteiger partial charge in [-0.3, -0.25) is 10.2 Å². The first kappa shape index (κ1) is 25.7. The first-order valence-corrected chi connectivity index (χ1v) is 11.9. The van der Waals surface area contributed by atoms with Crippen molar-refractivity contribution >= 4 is 17.7 Å². The molecule has 1 N–H and O–H groups in total. The summed E-state index contributed by atoms with van der Waals surface area (Å²) in [7, 11) is 0. The van der Waals surface area contributed by atoms with Crippen LogP contribution in [-0.4, -0.2) is 54.3 Å². The van der Waals surface area contributed by atoms with Crippen LogP contribution in [0.2, 0.25) is 0 Å². The molecule has 0 saturated carbocycles. The van der Waals surface area contributed by atoms with Gasteiger partial charge in [-0.15, -0.1) is 0 Å². The number of carbonyl (C=O) groups excluding carboxylic acids is 1. The van der Waals surface area contributed by atoms with Crippen LogP contribution < -0.4 is 19.7 Å². The fourth-order valence-electron chi connectivity index (χ4n) is 4.07. The lowest BCUT2D eigenvalue weighted by atomic mass is 10.1. The van der Waals surface area contributed by atoms with Crippen LogP contribution in [0.15, 0.2) is 54.6 Å². The highest BCUT2D eigenvalue weighted by Crippen LogP contribution is 2.35. The van der Waals surface area contributed by atoms with E-state index in [1.54, 1.807) is 30.3 Å². The fourth-order valence-corrected chi connectivity index (χ4v) is 4.07. The van der Waals surface area contributed by atoms with Crippen molar-refractivity contribution in [2.45, 2.75) is 31.9 Å². The van der Waals surface area contributed by atoms with E-state index in [1.165, 1.54) is 17.0 Å². The van der Waals surface area contributed by atoms with Gasteiger partial charge in [-0.25, -0.2) is 9.78 Å². The van der Waals surface area contributed by atoms with E-state index in [0.717, 1.165) is 12.1 Å². The molecule has 1 fully saturated rings. The van der Waals surface area contributed by atoms with Crippen LogP contribution in [0.1, 0.15) is 19.4 Å². The van der Waals surface area contributed by atoms with Gasteiger partial charge in [-0.05, 0) is 44.2 Å². The molecular weight excluding hydrogens is 505 g/mol. The summed E-state index contributed by atoms with van der Waals surface area (Å²) in [6.45, 7) is 4.68. The van der Waals surface area contributed by atoms with Crippen molar-refractivity contribution < 1.29 is 36.9 Å². The van der Waals surface area contributed by atoms with E-state index in [1.807, 2.05) is 13.8 Å². The van der Waals surface area contributed by atoms with Gasteiger partial charge in [0.1, 0.15) is 25.1 Å². The largest absolute Gasteiger partial charge is 0.488 e. The van der Waals surface area contributed by atoms with Crippen molar-refractivity contribution in [3.63, 3.8) is 0 Å². The number of rotatable bonds is 5. The molecule has 2 aromatic heterocycles. The molecule has 0 aliphatic carbocycles. The van der Waals surface area contributed by atoms with Crippen molar-refractivity contribution in [2.75, 3.05) is 36.6 Å². The maximum atomic E-state index is 13.2. The van der Waals surface area contributed by atoms with Crippen molar-refractivity contribution in [1.82, 2.24) is 9.97 Å². The molecule has 1 atom stereocenters. The maximum Gasteiger partial charge on any atom is 0.416 e. The number of fused-ring (bicyclic) bond motifs is 1. The molecular formula is C26H25F3N4O5. The molecule has 1 aromatic carbocycles. The van der Waals surface area contributed by atoms with Crippen molar-refractivity contribution in [2.24, 2.45) is 0 Å². The van der Waals surface area contributed by atoms with Gasteiger partial charge >= 0.3 is 12.2 Å². The van der Waals surface area contributed by atoms with E-state index in [2.05, 4.69) is 15.3 Å². The van der Waals surface area contributed by atoms with E-state index < -0.39 is 23.6 Å². The summed E-state index contributed by atoms with van der Waals surface area (Å²) in [5.41, 5.74) is -0.252. The first-order valence-electron chi connectivity index (χ1n) is 11.9. The lowest BCUT2D eigenvalue weighted by Crippen LogP contribution is -2.41. The number of hydrogen-bond acceptors (Lipinski definition) is 7. The smallest absolute Gasteiger partial charge is 0.416 e. The Bertz CT molecular complexity index is 1330. The third-order valence-corrected chi connectivity index (χ3v) is 5.84. The number of ether oxygens (including phenoxy) is 4. The maximum absolute atomic E-state index is 13.2. The highest BCUT2D eigenvalue weighted by atomic mass is 19.4. The summed E-state index contributed by atoms with van der Waals surface area (Å²) in [4.78, 5) is 23.3. The molecule has 0 bridgehead atoms. The van der Waals surface area contributed by atoms with E-state index in [-0.39, 0.29) is 48.8 Å². The number of benzene rings is 1. The molecule has 9 nitrogen and oxygen atoms in total. The number of halogens is 3. The Labute approximate surface area is 216 Å². The average Bonchev–Trinajstić information content (AvgIpc) is 3.25. The third-order valence-electron chi connectivity index (χ3n) is 5.84. The number of carbonyl (C=O) groups is 1. The lowest BCUT2D eigenvalue weighted by molar-refractivity contribution is -0.141. The second-order valence-electron chi connectivity index (χ2n) is 9.15. The minimum atomic E-state index is -4.49. The van der Waals surface area contributed by atoms with Crippen molar-refractivity contribution in [1.29, 1.82) is 0 Å². The summed E-state index contributed by atoms with van der Waals surface area (Å²) in [6, 6.07) is 12.4. The van der Waals surface area contributed by atoms with Gasteiger partial charge in [-0.2, -0.15) is 18.2 Å². The second kappa shape index (κ2) is 10.1. The highest BCUT2D eigenvalue weighted by molar-refractivity contribution is 6.02. The van der Waals surface area contributed by atoms with Crippen LogP contribution in [-0.2, 0) is 15.7 Å². The van der Waals surface area contributed by atoms with Gasteiger partial charge in [0.25, 0.3) is 0 Å². The van der Waals surface area contributed by atoms with Crippen LogP contribution in [0.3, 0.4) is 0 Å². The van der Waals surface area contributed by atoms with E-state index in [9.17, 15) is 18.0 Å². The third kappa shape index (κ3) is 5.81. The van der Waals surface area contributed by atoms with E-state index in [0.29, 0.717) is 18.2 Å². The number of urea groups is 1. The lowest BCUT2D eigenvalue weighted by Gasteiger charge is -2.28. The van der Waals surface area contributed by atoms with Gasteiger partial charge in [0.2, 0.25) is 5.88 Å². The molecule has 2 aliphatic rings. The summed E-state index contributed by atoms with van der Waals surface area (Å²) in [6.07, 6.45) is -4.73. The summed E-state index contributed by atoms with van der Waals surface area (Å²) in [5, 5.41) is 2.72. The molecule has 1 saturated heterocycles. The molecule has 0 unspecified atom stereocenters. The molecule has 4 heterocycles. The Balaban J connectivity index is 1.30. The summed E-state index contributed by atoms with van der Waals surface area (Å²) in [5.74, 6) is 0.411. The van der Waals surface area contributed by atoms with Crippen molar-refractivity contribution in [3.05, 3.63) is 60.2 Å². The predicted octanol–water partition coefficient (Wildman–Crippen LogP) is 5.12. The zero-order valence-electron chi connectivity index (χ0n) is 20.6. The Kier molecular flexibility index (Phi) is 6.84. The molecule has 2 aliphatic heterocycles. The van der Waals surface area contributed by atoms with Crippen LogP contribution in [0.25, 0.3) is 11.3 Å². The quantitative estimate of drug-likeness (QED) is 0.489. The SMILES string of the molecule is CC1(C)OC[C@H](COc2cccc(NC(=O)N3CCOc4ccc(-c5cccc(C(F)(F)F)c5)nc43)n2)O1. The van der Waals surface area contributed by atoms with Gasteiger partial charge in [-0.1, -0.05) is 18.2 Å². The number of amides is 2. The molecule has 5 rings (SSSR count). The Hall–Kier alpha value is -3.90. The molecule has 200 valence electrons. The molecule has 12 heteroatoms. The van der Waals surface area contributed by atoms with E-state index >= 15 is 0 Å². The zero-order chi connectivity index (χ0) is 26.9. The van der Waals surface area contributed by atoms with Crippen LogP contribution in [0.4, 0.5) is 29.6 Å². The van der Waals surface area contributed by atoms with Crippen LogP contribution in [0.5, 0.6) is 11.6 Å². The van der Waals surface area contributed by atoms with E-state index in [4.69, 9.17) is 18.9 Å². The number of anilines is 2. The van der Waals surface area contributed by atoms with Crippen LogP contribution in [0, 0.1) is 0 Å². The second-order valence-corrected chi connectivity index (χ2v) is 9.15. The minimum Gasteiger partial charge on any atom is -0.488 e. The topological polar surface area (TPSA) is 95.0 Å². The van der Waals surface area contributed by atoms with Gasteiger partial charge in [0, 0.05) is 11.6 Å². The monoisotopic (exact) mass is 530 g/mol. The number of aromatic nitrogens is 2. The minimum absolute atomic E-state index is 0.183. The number of alkyl halides is 3. The molecule has 3 aromatic rings. The predicted molar refractivity (Wildman–Crippen MR) is 131 cm³/mol. The van der Waals surface area contributed by atoms with Crippen molar-refractivity contribution in [3.8, 4) is 22.9 Å². The zero-order valence-corrected chi connectivity index (χ0v) is 20.6. The fraction of sp³-hybridized carbons (Fsp3) is 0.346. The normalized spacial score (nSPS) is 18.4. The summed E-state index contributed by atoms with van der Waals surface area (Å²) < 4.78 is 62.1. The first-order chi connectivity index (χ1) is 18.1. The average molecular weight is 531 g/mol. The number of hydrogen-bond donors (Lipinski definition) is 1. The number of nitrogens with zero attached hydrogens (tertiary/aromatic N) is 3. The standard InChI is InChI=1S/C26H25F3N4O5/c1-25(2)37-15-18(38-25)14-36-22-8-4-7-21(31-22)32-24(34)33-11-12-35-20-10-9-19(30-23(20)33)16-5-3-6-17(13-16)26(27,28)29/h3-10,13,18H,11-12,14-15H2,1-2H3,(H,31,32,34)/t18-/m0/s1. The van der Waals surface area contributed by atoms with Gasteiger partial charge < -0.3 is 18.9 Å².